The molecule has 1 fully saturated rings. The first-order valence-electron chi connectivity index (χ1n) is 6.23. The van der Waals surface area contributed by atoms with Crippen molar-refractivity contribution in [1.29, 1.82) is 0 Å². The number of carbonyl (C=O) groups is 2. The lowest BCUT2D eigenvalue weighted by Gasteiger charge is -2.17. The zero-order valence-corrected chi connectivity index (χ0v) is 11.4. The molecule has 2 aliphatic rings. The summed E-state index contributed by atoms with van der Waals surface area (Å²) < 4.78 is 0. The van der Waals surface area contributed by atoms with Crippen molar-refractivity contribution in [1.82, 2.24) is 5.32 Å². The second-order valence-electron chi connectivity index (χ2n) is 5.06. The molecule has 3 rings (SSSR count). The van der Waals surface area contributed by atoms with Crippen LogP contribution in [0.4, 0.5) is 0 Å². The molecule has 1 aliphatic heterocycles. The van der Waals surface area contributed by atoms with Gasteiger partial charge in [-0.1, -0.05) is 23.9 Å². The summed E-state index contributed by atoms with van der Waals surface area (Å²) in [4.78, 5) is 28.4. The summed E-state index contributed by atoms with van der Waals surface area (Å²) in [6.07, 6.45) is 2.06. The summed E-state index contributed by atoms with van der Waals surface area (Å²) in [5, 5.41) is 3.37. The smallest absolute Gasteiger partial charge is 0.239 e. The fraction of sp³-hybridized carbons (Fsp3) is 0.357. The molecule has 0 unspecified atom stereocenters. The number of hydrogen-bond donors (Lipinski definition) is 1. The van der Waals surface area contributed by atoms with Crippen LogP contribution in [0.1, 0.15) is 24.0 Å². The van der Waals surface area contributed by atoms with Gasteiger partial charge in [-0.25, -0.2) is 0 Å². The maximum Gasteiger partial charge on any atom is 0.239 e. The van der Waals surface area contributed by atoms with Crippen LogP contribution in [0.5, 0.6) is 0 Å². The predicted molar refractivity (Wildman–Crippen MR) is 74.0 cm³/mol. The maximum atomic E-state index is 12.0. The van der Waals surface area contributed by atoms with Crippen molar-refractivity contribution in [2.45, 2.75) is 31.2 Å². The molecule has 1 aliphatic carbocycles. The number of amides is 1. The lowest BCUT2D eigenvalue weighted by molar-refractivity contribution is -0.129. The number of hydrogen-bond acceptors (Lipinski definition) is 4. The van der Waals surface area contributed by atoms with Crippen LogP contribution in [0.2, 0.25) is 0 Å². The van der Waals surface area contributed by atoms with E-state index in [1.807, 2.05) is 6.92 Å². The number of aliphatic imine (C=N–C) groups is 1. The van der Waals surface area contributed by atoms with Gasteiger partial charge in [0.05, 0.1) is 6.54 Å². The number of aldehydes is 1. The highest BCUT2D eigenvalue weighted by Crippen LogP contribution is 2.43. The number of fused-ring (bicyclic) bond motifs is 1. The Morgan fingerprint density at radius 3 is 2.95 bits per heavy atom. The van der Waals surface area contributed by atoms with Crippen LogP contribution in [-0.4, -0.2) is 17.4 Å². The number of thioether (sulfide) groups is 1. The van der Waals surface area contributed by atoms with Gasteiger partial charge in [-0.2, -0.15) is 0 Å². The third-order valence-electron chi connectivity index (χ3n) is 3.51. The topological polar surface area (TPSA) is 58.5 Å². The molecule has 0 aromatic heterocycles. The molecule has 1 aromatic rings. The van der Waals surface area contributed by atoms with Crippen LogP contribution in [0.25, 0.3) is 0 Å². The highest BCUT2D eigenvalue weighted by molar-refractivity contribution is 8.14. The predicted octanol–water partition coefficient (Wildman–Crippen LogP) is 2.05. The van der Waals surface area contributed by atoms with Crippen LogP contribution < -0.4 is 5.32 Å². The molecule has 1 saturated carbocycles. The Balaban J connectivity index is 1.73. The first kappa shape index (κ1) is 12.4. The van der Waals surface area contributed by atoms with Crippen molar-refractivity contribution in [2.24, 2.45) is 10.4 Å². The largest absolute Gasteiger partial charge is 0.304 e. The number of amidine groups is 1. The van der Waals surface area contributed by atoms with Crippen LogP contribution >= 0.6 is 11.8 Å². The Morgan fingerprint density at radius 2 is 2.26 bits per heavy atom. The van der Waals surface area contributed by atoms with Crippen molar-refractivity contribution in [3.05, 3.63) is 29.3 Å². The number of aryl methyl sites for hydroxylation is 1. The van der Waals surface area contributed by atoms with Gasteiger partial charge in [0, 0.05) is 4.90 Å². The van der Waals surface area contributed by atoms with E-state index in [0.717, 1.165) is 11.2 Å². The Bertz CT molecular complexity index is 591. The van der Waals surface area contributed by atoms with Gasteiger partial charge in [0.2, 0.25) is 5.91 Å². The summed E-state index contributed by atoms with van der Waals surface area (Å²) in [6.45, 7) is 2.61. The Labute approximate surface area is 115 Å². The minimum Gasteiger partial charge on any atom is -0.304 e. The van der Waals surface area contributed by atoms with E-state index in [4.69, 9.17) is 0 Å². The first-order chi connectivity index (χ1) is 9.13. The van der Waals surface area contributed by atoms with E-state index in [1.165, 1.54) is 22.9 Å². The van der Waals surface area contributed by atoms with Crippen molar-refractivity contribution in [3.8, 4) is 0 Å². The Morgan fingerprint density at radius 1 is 1.47 bits per heavy atom. The second kappa shape index (κ2) is 4.49. The molecule has 0 saturated heterocycles. The molecule has 1 heterocycles. The van der Waals surface area contributed by atoms with Gasteiger partial charge in [-0.15, -0.1) is 0 Å². The fourth-order valence-corrected chi connectivity index (χ4v) is 2.99. The minimum atomic E-state index is -0.782. The molecular formula is C14H14N2O2S. The summed E-state index contributed by atoms with van der Waals surface area (Å²) in [5.74, 6) is -0.218. The average molecular weight is 274 g/mol. The molecule has 0 bridgehead atoms. The molecular weight excluding hydrogens is 260 g/mol. The Kier molecular flexibility index (Phi) is 2.93. The second-order valence-corrected chi connectivity index (χ2v) is 6.09. The summed E-state index contributed by atoms with van der Waals surface area (Å²) in [6, 6.07) is 6.21. The van der Waals surface area contributed by atoms with E-state index in [9.17, 15) is 9.59 Å². The monoisotopic (exact) mass is 274 g/mol. The van der Waals surface area contributed by atoms with Gasteiger partial charge in [0.15, 0.2) is 5.17 Å². The van der Waals surface area contributed by atoms with Crippen molar-refractivity contribution in [2.75, 3.05) is 0 Å². The molecule has 5 heteroatoms. The summed E-state index contributed by atoms with van der Waals surface area (Å²) in [5.41, 5.74) is 1.58. The van der Waals surface area contributed by atoms with Crippen LogP contribution in [0.3, 0.4) is 0 Å². The van der Waals surface area contributed by atoms with E-state index in [1.54, 1.807) is 0 Å². The normalized spacial score (nSPS) is 19.1. The molecule has 1 aromatic carbocycles. The van der Waals surface area contributed by atoms with E-state index in [2.05, 4.69) is 28.5 Å². The molecule has 0 spiro atoms. The molecule has 19 heavy (non-hydrogen) atoms. The standard InChI is InChI=1S/C14H14N2O2S/c1-9-2-3-10-7-15-13(19-11(10)6-9)16-12(18)14(8-17)4-5-14/h2-3,6,8H,4-5,7H2,1H3,(H,15,16,18). The highest BCUT2D eigenvalue weighted by atomic mass is 32.2. The number of nitrogens with one attached hydrogen (secondary N) is 1. The van der Waals surface area contributed by atoms with Crippen molar-refractivity contribution >= 4 is 29.1 Å². The van der Waals surface area contributed by atoms with Crippen LogP contribution in [-0.2, 0) is 16.1 Å². The maximum absolute atomic E-state index is 12.0. The molecule has 0 radical (unpaired) electrons. The van der Waals surface area contributed by atoms with Crippen LogP contribution in [0, 0.1) is 12.3 Å². The van der Waals surface area contributed by atoms with E-state index in [0.29, 0.717) is 24.6 Å². The number of carbonyl (C=O) groups excluding carboxylic acids is 2. The summed E-state index contributed by atoms with van der Waals surface area (Å²) in [7, 11) is 0. The average Bonchev–Trinajstić information content (AvgIpc) is 3.19. The third-order valence-corrected chi connectivity index (χ3v) is 4.53. The molecule has 1 N–H and O–H groups in total. The number of nitrogens with zero attached hydrogens (tertiary/aromatic N) is 1. The van der Waals surface area contributed by atoms with E-state index < -0.39 is 5.41 Å². The molecule has 1 amide bonds. The van der Waals surface area contributed by atoms with Gasteiger partial charge in [0.25, 0.3) is 0 Å². The number of benzene rings is 1. The fourth-order valence-electron chi connectivity index (χ4n) is 2.00. The zero-order chi connectivity index (χ0) is 13.5. The zero-order valence-electron chi connectivity index (χ0n) is 10.6. The van der Waals surface area contributed by atoms with Gasteiger partial charge < -0.3 is 10.1 Å². The van der Waals surface area contributed by atoms with Crippen molar-refractivity contribution in [3.63, 3.8) is 0 Å². The SMILES string of the molecule is Cc1ccc2c(c1)SC(NC(=O)C1(C=O)CC1)=NC2. The van der Waals surface area contributed by atoms with Crippen LogP contribution in [0.15, 0.2) is 28.1 Å². The van der Waals surface area contributed by atoms with Gasteiger partial charge >= 0.3 is 0 Å². The number of rotatable bonds is 2. The quantitative estimate of drug-likeness (QED) is 0.663. The van der Waals surface area contributed by atoms with Gasteiger partial charge in [-0.05, 0) is 37.0 Å². The third kappa shape index (κ3) is 2.30. The van der Waals surface area contributed by atoms with E-state index >= 15 is 0 Å². The first-order valence-corrected chi connectivity index (χ1v) is 7.04. The van der Waals surface area contributed by atoms with Gasteiger partial charge in [0.1, 0.15) is 11.7 Å². The summed E-state index contributed by atoms with van der Waals surface area (Å²) >= 11 is 1.46. The molecule has 0 atom stereocenters. The van der Waals surface area contributed by atoms with Gasteiger partial charge in [-0.3, -0.25) is 9.79 Å². The van der Waals surface area contributed by atoms with Crippen molar-refractivity contribution < 1.29 is 9.59 Å². The molecule has 98 valence electrons. The lowest BCUT2D eigenvalue weighted by Crippen LogP contribution is -2.36. The lowest BCUT2D eigenvalue weighted by atomic mass is 10.1. The van der Waals surface area contributed by atoms with E-state index in [-0.39, 0.29) is 5.91 Å². The molecule has 4 nitrogen and oxygen atoms in total. The minimum absolute atomic E-state index is 0.218. The highest BCUT2D eigenvalue weighted by Gasteiger charge is 2.50. The Hall–Kier alpha value is -1.62.